The molecule has 19 heavy (non-hydrogen) atoms. The van der Waals surface area contributed by atoms with Crippen LogP contribution in [0.5, 0.6) is 5.75 Å². The fraction of sp³-hybridized carbons (Fsp3) is 0.143. The quantitative estimate of drug-likeness (QED) is 0.825. The summed E-state index contributed by atoms with van der Waals surface area (Å²) in [6, 6.07) is 9.66. The average molecular weight is 298 g/mol. The summed E-state index contributed by atoms with van der Waals surface area (Å²) in [5.74, 6) is 0.158. The third-order valence-corrected chi connectivity index (χ3v) is 3.56. The Morgan fingerprint density at radius 3 is 2.79 bits per heavy atom. The van der Waals surface area contributed by atoms with Crippen molar-refractivity contribution >= 4 is 28.9 Å². The molecule has 0 saturated heterocycles. The molecule has 5 heteroatoms. The normalized spacial score (nSPS) is 17.3. The minimum Gasteiger partial charge on any atom is -0.482 e. The van der Waals surface area contributed by atoms with Crippen LogP contribution < -0.4 is 10.1 Å². The number of rotatable bonds is 1. The first-order valence-corrected chi connectivity index (χ1v) is 6.54. The van der Waals surface area contributed by atoms with Crippen LogP contribution in [0.2, 0.25) is 10.0 Å². The van der Waals surface area contributed by atoms with E-state index in [4.69, 9.17) is 27.9 Å². The molecular weight excluding hydrogens is 288 g/mol. The van der Waals surface area contributed by atoms with Crippen LogP contribution in [-0.4, -0.2) is 6.54 Å². The maximum absolute atomic E-state index is 13.2. The van der Waals surface area contributed by atoms with Crippen LogP contribution in [0.3, 0.4) is 0 Å². The molecule has 3 rings (SSSR count). The molecule has 0 saturated carbocycles. The number of hydrogen-bond acceptors (Lipinski definition) is 2. The largest absolute Gasteiger partial charge is 0.482 e. The van der Waals surface area contributed by atoms with Crippen LogP contribution in [0.15, 0.2) is 36.4 Å². The predicted octanol–water partition coefficient (Wildman–Crippen LogP) is 4.68. The fourth-order valence-electron chi connectivity index (χ4n) is 2.07. The molecule has 0 amide bonds. The van der Waals surface area contributed by atoms with Gasteiger partial charge in [0.05, 0.1) is 12.2 Å². The van der Waals surface area contributed by atoms with Gasteiger partial charge in [-0.1, -0.05) is 29.3 Å². The minimum absolute atomic E-state index is 0.265. The molecule has 1 N–H and O–H groups in total. The Kier molecular flexibility index (Phi) is 3.25. The molecule has 0 aliphatic carbocycles. The molecule has 1 aliphatic rings. The minimum atomic E-state index is -0.330. The summed E-state index contributed by atoms with van der Waals surface area (Å²) < 4.78 is 19.0. The lowest BCUT2D eigenvalue weighted by Gasteiger charge is -2.28. The summed E-state index contributed by atoms with van der Waals surface area (Å²) in [5.41, 5.74) is 1.61. The van der Waals surface area contributed by atoms with E-state index >= 15 is 0 Å². The van der Waals surface area contributed by atoms with E-state index in [1.807, 2.05) is 6.07 Å². The lowest BCUT2D eigenvalue weighted by molar-refractivity contribution is 0.209. The predicted molar refractivity (Wildman–Crippen MR) is 74.7 cm³/mol. The molecule has 1 atom stereocenters. The molecule has 0 radical (unpaired) electrons. The summed E-state index contributed by atoms with van der Waals surface area (Å²) in [7, 11) is 0. The fourth-order valence-corrected chi connectivity index (χ4v) is 2.60. The Hall–Kier alpha value is -1.45. The van der Waals surface area contributed by atoms with Crippen molar-refractivity contribution in [3.8, 4) is 5.75 Å². The van der Waals surface area contributed by atoms with Crippen molar-refractivity contribution in [2.75, 3.05) is 11.9 Å². The van der Waals surface area contributed by atoms with Gasteiger partial charge in [-0.25, -0.2) is 4.39 Å². The molecule has 1 heterocycles. The van der Waals surface area contributed by atoms with Crippen molar-refractivity contribution in [2.45, 2.75) is 6.10 Å². The summed E-state index contributed by atoms with van der Waals surface area (Å²) in [5, 5.41) is 4.31. The van der Waals surface area contributed by atoms with Crippen molar-refractivity contribution in [2.24, 2.45) is 0 Å². The Morgan fingerprint density at radius 1 is 1.16 bits per heavy atom. The van der Waals surface area contributed by atoms with Crippen LogP contribution in [0.4, 0.5) is 10.1 Å². The molecule has 1 unspecified atom stereocenters. The second kappa shape index (κ2) is 4.91. The standard InChI is InChI=1S/C14H10Cl2FNO/c15-8-1-3-10(11(16)5-8)14-7-18-12-4-2-9(17)6-13(12)19-14/h1-6,14,18H,7H2. The molecule has 2 nitrogen and oxygen atoms in total. The molecule has 0 aromatic heterocycles. The van der Waals surface area contributed by atoms with Crippen molar-refractivity contribution in [1.29, 1.82) is 0 Å². The second-order valence-electron chi connectivity index (χ2n) is 4.29. The maximum Gasteiger partial charge on any atom is 0.146 e. The average Bonchev–Trinajstić information content (AvgIpc) is 2.38. The monoisotopic (exact) mass is 297 g/mol. The number of anilines is 1. The van der Waals surface area contributed by atoms with Crippen molar-refractivity contribution < 1.29 is 9.13 Å². The first-order valence-electron chi connectivity index (χ1n) is 5.78. The lowest BCUT2D eigenvalue weighted by atomic mass is 10.1. The summed E-state index contributed by atoms with van der Waals surface area (Å²) in [6.07, 6.45) is -0.265. The van der Waals surface area contributed by atoms with Gasteiger partial charge in [-0.3, -0.25) is 0 Å². The Morgan fingerprint density at radius 2 is 2.00 bits per heavy atom. The molecule has 2 aromatic rings. The zero-order valence-electron chi connectivity index (χ0n) is 9.79. The molecule has 1 aliphatic heterocycles. The highest BCUT2D eigenvalue weighted by Gasteiger charge is 2.23. The van der Waals surface area contributed by atoms with Gasteiger partial charge in [0.25, 0.3) is 0 Å². The number of fused-ring (bicyclic) bond motifs is 1. The molecule has 98 valence electrons. The number of halogens is 3. The Balaban J connectivity index is 1.93. The van der Waals surface area contributed by atoms with E-state index in [0.717, 1.165) is 11.3 Å². The van der Waals surface area contributed by atoms with E-state index in [-0.39, 0.29) is 11.9 Å². The van der Waals surface area contributed by atoms with Gasteiger partial charge in [0.15, 0.2) is 0 Å². The summed E-state index contributed by atoms with van der Waals surface area (Å²) in [6.45, 7) is 0.569. The van der Waals surface area contributed by atoms with Crippen LogP contribution >= 0.6 is 23.2 Å². The van der Waals surface area contributed by atoms with Crippen LogP contribution in [-0.2, 0) is 0 Å². The molecular formula is C14H10Cl2FNO. The molecule has 0 spiro atoms. The third-order valence-electron chi connectivity index (χ3n) is 3.00. The van der Waals surface area contributed by atoms with E-state index in [9.17, 15) is 4.39 Å². The highest BCUT2D eigenvalue weighted by Crippen LogP contribution is 2.37. The molecule has 0 bridgehead atoms. The summed E-state index contributed by atoms with van der Waals surface area (Å²) in [4.78, 5) is 0. The summed E-state index contributed by atoms with van der Waals surface area (Å²) >= 11 is 12.0. The van der Waals surface area contributed by atoms with Gasteiger partial charge < -0.3 is 10.1 Å². The van der Waals surface area contributed by atoms with Gasteiger partial charge in [0.1, 0.15) is 17.7 Å². The third kappa shape index (κ3) is 2.48. The lowest BCUT2D eigenvalue weighted by Crippen LogP contribution is -2.23. The van der Waals surface area contributed by atoms with Crippen molar-refractivity contribution in [3.05, 3.63) is 57.8 Å². The van der Waals surface area contributed by atoms with E-state index in [0.29, 0.717) is 22.3 Å². The Bertz CT molecular complexity index is 633. The van der Waals surface area contributed by atoms with Crippen LogP contribution in [0.1, 0.15) is 11.7 Å². The molecule has 0 fully saturated rings. The van der Waals surface area contributed by atoms with E-state index in [1.165, 1.54) is 12.1 Å². The maximum atomic E-state index is 13.2. The van der Waals surface area contributed by atoms with Gasteiger partial charge >= 0.3 is 0 Å². The molecule has 2 aromatic carbocycles. The number of benzene rings is 2. The highest BCUT2D eigenvalue weighted by atomic mass is 35.5. The smallest absolute Gasteiger partial charge is 0.146 e. The van der Waals surface area contributed by atoms with Gasteiger partial charge in [-0.05, 0) is 24.3 Å². The van der Waals surface area contributed by atoms with Crippen molar-refractivity contribution in [1.82, 2.24) is 0 Å². The first kappa shape index (κ1) is 12.6. The number of nitrogens with one attached hydrogen (secondary N) is 1. The second-order valence-corrected chi connectivity index (χ2v) is 5.14. The van der Waals surface area contributed by atoms with E-state index < -0.39 is 0 Å². The van der Waals surface area contributed by atoms with Gasteiger partial charge in [-0.2, -0.15) is 0 Å². The van der Waals surface area contributed by atoms with Gasteiger partial charge in [-0.15, -0.1) is 0 Å². The first-order chi connectivity index (χ1) is 9.13. The highest BCUT2D eigenvalue weighted by molar-refractivity contribution is 6.35. The zero-order chi connectivity index (χ0) is 13.4. The number of ether oxygens (including phenoxy) is 1. The van der Waals surface area contributed by atoms with E-state index in [1.54, 1.807) is 18.2 Å². The van der Waals surface area contributed by atoms with Crippen LogP contribution in [0.25, 0.3) is 0 Å². The van der Waals surface area contributed by atoms with Crippen molar-refractivity contribution in [3.63, 3.8) is 0 Å². The topological polar surface area (TPSA) is 21.3 Å². The SMILES string of the molecule is Fc1ccc2c(c1)OC(c1ccc(Cl)cc1Cl)CN2. The van der Waals surface area contributed by atoms with Gasteiger partial charge in [0.2, 0.25) is 0 Å². The number of hydrogen-bond donors (Lipinski definition) is 1. The van der Waals surface area contributed by atoms with Crippen LogP contribution in [0, 0.1) is 5.82 Å². The van der Waals surface area contributed by atoms with E-state index in [2.05, 4.69) is 5.32 Å². The van der Waals surface area contributed by atoms with Gasteiger partial charge in [0, 0.05) is 21.7 Å². The Labute approximate surface area is 120 Å². The zero-order valence-corrected chi connectivity index (χ0v) is 11.3.